The van der Waals surface area contributed by atoms with E-state index in [0.717, 1.165) is 0 Å². The average Bonchev–Trinajstić information content (AvgIpc) is 1.33. The molecular formula is C2H4O3P+. The van der Waals surface area contributed by atoms with Gasteiger partial charge in [0.15, 0.2) is 0 Å². The summed E-state index contributed by atoms with van der Waals surface area (Å²) in [4.78, 5) is 0. The second-order valence-corrected chi connectivity index (χ2v) is 1.87. The van der Waals surface area contributed by atoms with Crippen molar-refractivity contribution in [1.29, 1.82) is 0 Å². The summed E-state index contributed by atoms with van der Waals surface area (Å²) in [5, 5.41) is 0. The third-order valence-electron chi connectivity index (χ3n) is 0.469. The van der Waals surface area contributed by atoms with E-state index in [-0.39, 0.29) is 6.29 Å². The monoisotopic (exact) mass is 107 g/mol. The van der Waals surface area contributed by atoms with Gasteiger partial charge in [0.25, 0.3) is 6.29 Å². The maximum absolute atomic E-state index is 9.81. The van der Waals surface area contributed by atoms with Gasteiger partial charge in [-0.3, -0.25) is 0 Å². The van der Waals surface area contributed by atoms with E-state index in [9.17, 15) is 4.57 Å². The maximum Gasteiger partial charge on any atom is 0.703 e. The molecule has 34 valence electrons. The van der Waals surface area contributed by atoms with Gasteiger partial charge in [0.05, 0.1) is 0 Å². The highest BCUT2D eigenvalue weighted by Crippen LogP contribution is 2.38. The molecule has 1 aliphatic heterocycles. The molecule has 0 unspecified atom stereocenters. The molecule has 0 amide bonds. The Morgan fingerprint density at radius 1 is 1.67 bits per heavy atom. The zero-order chi connectivity index (χ0) is 4.57. The molecule has 0 saturated carbocycles. The fourth-order valence-electron chi connectivity index (χ4n) is 0.250. The molecule has 0 spiro atoms. The number of hydrogen-bond donors (Lipinski definition) is 0. The van der Waals surface area contributed by atoms with E-state index in [4.69, 9.17) is 0 Å². The lowest BCUT2D eigenvalue weighted by atomic mass is 10.8. The van der Waals surface area contributed by atoms with E-state index < -0.39 is 8.25 Å². The summed E-state index contributed by atoms with van der Waals surface area (Å²) < 4.78 is 18.7. The minimum atomic E-state index is -1.71. The minimum Gasteiger partial charge on any atom is -0.0819 e. The smallest absolute Gasteiger partial charge is 0.0819 e. The van der Waals surface area contributed by atoms with Gasteiger partial charge in [-0.2, -0.15) is 0 Å². The fraction of sp³-hybridized carbons (Fsp3) is 1.00. The van der Waals surface area contributed by atoms with Crippen LogP contribution >= 0.6 is 8.25 Å². The van der Waals surface area contributed by atoms with Crippen LogP contribution in [0.1, 0.15) is 6.92 Å². The molecule has 0 N–H and O–H groups in total. The van der Waals surface area contributed by atoms with Crippen molar-refractivity contribution in [3.63, 3.8) is 0 Å². The standard InChI is InChI=1S/C2H4O3P/c1-2-4-6(3)5-2/h2H,1H3/q+1. The summed E-state index contributed by atoms with van der Waals surface area (Å²) in [5.41, 5.74) is 0. The normalized spacial score (nSPS) is 38.8. The summed E-state index contributed by atoms with van der Waals surface area (Å²) in [6, 6.07) is 0. The van der Waals surface area contributed by atoms with E-state index in [0.29, 0.717) is 0 Å². The Morgan fingerprint density at radius 2 is 2.17 bits per heavy atom. The van der Waals surface area contributed by atoms with Crippen molar-refractivity contribution in [2.45, 2.75) is 13.2 Å². The van der Waals surface area contributed by atoms with Crippen molar-refractivity contribution in [2.24, 2.45) is 0 Å². The van der Waals surface area contributed by atoms with Crippen molar-refractivity contribution in [1.82, 2.24) is 0 Å². The van der Waals surface area contributed by atoms with E-state index >= 15 is 0 Å². The van der Waals surface area contributed by atoms with Crippen LogP contribution < -0.4 is 0 Å². The first-order chi connectivity index (χ1) is 2.79. The van der Waals surface area contributed by atoms with Gasteiger partial charge < -0.3 is 0 Å². The van der Waals surface area contributed by atoms with Crippen LogP contribution in [0.4, 0.5) is 0 Å². The molecule has 0 aromatic rings. The molecule has 6 heavy (non-hydrogen) atoms. The Labute approximate surface area is 36.2 Å². The number of rotatable bonds is 0. The van der Waals surface area contributed by atoms with E-state index in [1.165, 1.54) is 0 Å². The first kappa shape index (κ1) is 4.19. The lowest BCUT2D eigenvalue weighted by molar-refractivity contribution is -0.0618. The third-order valence-corrected chi connectivity index (χ3v) is 1.41. The summed E-state index contributed by atoms with van der Waals surface area (Å²) >= 11 is 0. The van der Waals surface area contributed by atoms with Gasteiger partial charge in [-0.1, -0.05) is 9.05 Å². The molecule has 0 aromatic carbocycles. The predicted molar refractivity (Wildman–Crippen MR) is 19.2 cm³/mol. The molecule has 0 atom stereocenters. The number of hydrogen-bond acceptors (Lipinski definition) is 3. The Balaban J connectivity index is 2.28. The Bertz CT molecular complexity index is 72.9. The Kier molecular flexibility index (Phi) is 0.880. The first-order valence-electron chi connectivity index (χ1n) is 1.60. The second-order valence-electron chi connectivity index (χ2n) is 1.00. The molecule has 1 saturated heterocycles. The van der Waals surface area contributed by atoms with E-state index in [1.54, 1.807) is 6.92 Å². The van der Waals surface area contributed by atoms with Gasteiger partial charge in [-0.15, -0.1) is 0 Å². The average molecular weight is 107 g/mol. The highest BCUT2D eigenvalue weighted by Gasteiger charge is 2.41. The van der Waals surface area contributed by atoms with Crippen molar-refractivity contribution in [2.75, 3.05) is 0 Å². The van der Waals surface area contributed by atoms with Gasteiger partial charge in [0, 0.05) is 4.57 Å². The summed E-state index contributed by atoms with van der Waals surface area (Å²) in [5.74, 6) is 0. The van der Waals surface area contributed by atoms with Gasteiger partial charge in [-0.25, -0.2) is 0 Å². The van der Waals surface area contributed by atoms with Crippen LogP contribution in [0.15, 0.2) is 0 Å². The van der Waals surface area contributed by atoms with Crippen LogP contribution in [0.3, 0.4) is 0 Å². The van der Waals surface area contributed by atoms with Crippen molar-refractivity contribution in [3.8, 4) is 0 Å². The van der Waals surface area contributed by atoms with Crippen LogP contribution in [0, 0.1) is 0 Å². The zero-order valence-corrected chi connectivity index (χ0v) is 4.14. The molecule has 1 rings (SSSR count). The second kappa shape index (κ2) is 1.26. The largest absolute Gasteiger partial charge is 0.703 e. The van der Waals surface area contributed by atoms with Crippen LogP contribution in [0.2, 0.25) is 0 Å². The van der Waals surface area contributed by atoms with E-state index in [1.807, 2.05) is 0 Å². The Morgan fingerprint density at radius 3 is 2.17 bits per heavy atom. The molecule has 1 aliphatic rings. The lowest BCUT2D eigenvalue weighted by Crippen LogP contribution is -2.13. The van der Waals surface area contributed by atoms with Crippen molar-refractivity contribution < 1.29 is 13.6 Å². The molecule has 0 aromatic heterocycles. The Hall–Kier alpha value is 0.0200. The van der Waals surface area contributed by atoms with Crippen LogP contribution in [0.25, 0.3) is 0 Å². The summed E-state index contributed by atoms with van der Waals surface area (Å²) in [6.07, 6.45) is -0.242. The minimum absolute atomic E-state index is 0.242. The van der Waals surface area contributed by atoms with Crippen LogP contribution in [0.5, 0.6) is 0 Å². The van der Waals surface area contributed by atoms with Crippen molar-refractivity contribution >= 4 is 8.25 Å². The highest BCUT2D eigenvalue weighted by molar-refractivity contribution is 7.34. The van der Waals surface area contributed by atoms with E-state index in [2.05, 4.69) is 9.05 Å². The molecule has 0 radical (unpaired) electrons. The van der Waals surface area contributed by atoms with Gasteiger partial charge in [0.2, 0.25) is 0 Å². The molecule has 4 heteroatoms. The zero-order valence-electron chi connectivity index (χ0n) is 3.25. The molecule has 1 fully saturated rings. The molecule has 1 heterocycles. The molecule has 0 bridgehead atoms. The lowest BCUT2D eigenvalue weighted by Gasteiger charge is -2.01. The van der Waals surface area contributed by atoms with Gasteiger partial charge >= 0.3 is 8.25 Å². The fourth-order valence-corrected chi connectivity index (χ4v) is 0.751. The molecule has 0 aliphatic carbocycles. The first-order valence-corrected chi connectivity index (χ1v) is 2.69. The summed E-state index contributed by atoms with van der Waals surface area (Å²) in [7, 11) is -1.71. The quantitative estimate of drug-likeness (QED) is 0.434. The highest BCUT2D eigenvalue weighted by atomic mass is 31.1. The molecule has 3 nitrogen and oxygen atoms in total. The summed E-state index contributed by atoms with van der Waals surface area (Å²) in [6.45, 7) is 1.69. The van der Waals surface area contributed by atoms with Crippen LogP contribution in [-0.4, -0.2) is 6.29 Å². The van der Waals surface area contributed by atoms with Gasteiger partial charge in [-0.05, 0) is 6.92 Å². The third kappa shape index (κ3) is 0.570. The topological polar surface area (TPSA) is 35.5 Å². The van der Waals surface area contributed by atoms with Crippen molar-refractivity contribution in [3.05, 3.63) is 0 Å². The SMILES string of the molecule is CC1O[P+](=O)O1. The molecular weight excluding hydrogens is 103 g/mol. The maximum atomic E-state index is 9.81. The van der Waals surface area contributed by atoms with Crippen LogP contribution in [-0.2, 0) is 13.6 Å². The van der Waals surface area contributed by atoms with Gasteiger partial charge in [0.1, 0.15) is 0 Å². The predicted octanol–water partition coefficient (Wildman–Crippen LogP) is 1.04.